The molecule has 2 aliphatic rings. The van der Waals surface area contributed by atoms with Gasteiger partial charge in [0.15, 0.2) is 0 Å². The Bertz CT molecular complexity index is 1280. The maximum absolute atomic E-state index is 13.6. The first-order chi connectivity index (χ1) is 22.4. The van der Waals surface area contributed by atoms with Gasteiger partial charge in [-0.15, -0.1) is 0 Å². The van der Waals surface area contributed by atoms with Crippen molar-refractivity contribution in [3.8, 4) is 0 Å². The molecule has 1 heterocycles. The van der Waals surface area contributed by atoms with E-state index in [1.807, 2.05) is 60.7 Å². The third-order valence-corrected chi connectivity index (χ3v) is 8.58. The number of alkyl carbamates (subject to hydrolysis) is 1. The van der Waals surface area contributed by atoms with Gasteiger partial charge >= 0.3 is 12.1 Å². The fourth-order valence-corrected chi connectivity index (χ4v) is 6.06. The van der Waals surface area contributed by atoms with E-state index in [1.165, 1.54) is 6.42 Å². The SMILES string of the molecule is O=C(C[C@H]1CC=CC[C@@H](NC(=O)OCc2ccccc2)C(=O)OC[C@H](CC2CCCCC2)NC1=O)N[C@H](CO)Cc1ccccc1. The molecule has 0 radical (unpaired) electrons. The Hall–Kier alpha value is -4.18. The Labute approximate surface area is 271 Å². The van der Waals surface area contributed by atoms with Crippen LogP contribution in [0.4, 0.5) is 4.79 Å². The summed E-state index contributed by atoms with van der Waals surface area (Å²) in [6.07, 6.45) is 9.74. The van der Waals surface area contributed by atoms with E-state index < -0.39 is 36.1 Å². The molecule has 1 aliphatic carbocycles. The molecule has 1 aliphatic heterocycles. The van der Waals surface area contributed by atoms with Crippen LogP contribution in [0.2, 0.25) is 0 Å². The van der Waals surface area contributed by atoms with Crippen molar-refractivity contribution in [3.05, 3.63) is 83.9 Å². The second-order valence-electron chi connectivity index (χ2n) is 12.3. The summed E-state index contributed by atoms with van der Waals surface area (Å²) in [5.41, 5.74) is 1.81. The van der Waals surface area contributed by atoms with Crippen LogP contribution in [0.5, 0.6) is 0 Å². The Balaban J connectivity index is 1.42. The van der Waals surface area contributed by atoms with Gasteiger partial charge in [-0.1, -0.05) is 105 Å². The lowest BCUT2D eigenvalue weighted by Gasteiger charge is -2.29. The highest BCUT2D eigenvalue weighted by atomic mass is 16.6. The Morgan fingerprint density at radius 3 is 2.30 bits per heavy atom. The van der Waals surface area contributed by atoms with Crippen LogP contribution in [0.25, 0.3) is 0 Å². The lowest BCUT2D eigenvalue weighted by Crippen LogP contribution is -2.47. The van der Waals surface area contributed by atoms with Crippen LogP contribution in [-0.2, 0) is 36.9 Å². The van der Waals surface area contributed by atoms with E-state index in [1.54, 1.807) is 12.2 Å². The number of allylic oxidation sites excluding steroid dienone is 1. The van der Waals surface area contributed by atoms with Gasteiger partial charge in [0.2, 0.25) is 11.8 Å². The van der Waals surface area contributed by atoms with Gasteiger partial charge in [0.05, 0.1) is 24.6 Å². The molecule has 46 heavy (non-hydrogen) atoms. The molecular weight excluding hydrogens is 586 g/mol. The molecule has 0 bridgehead atoms. The number of hydrogen-bond acceptors (Lipinski definition) is 7. The zero-order chi connectivity index (χ0) is 32.6. The minimum atomic E-state index is -0.977. The Morgan fingerprint density at radius 2 is 1.61 bits per heavy atom. The highest BCUT2D eigenvalue weighted by Gasteiger charge is 2.29. The fourth-order valence-electron chi connectivity index (χ4n) is 6.06. The molecule has 1 saturated carbocycles. The smallest absolute Gasteiger partial charge is 0.408 e. The van der Waals surface area contributed by atoms with Crippen molar-refractivity contribution in [2.45, 2.75) is 88.9 Å². The third-order valence-electron chi connectivity index (χ3n) is 8.58. The molecule has 2 aromatic carbocycles. The lowest BCUT2D eigenvalue weighted by atomic mass is 9.84. The summed E-state index contributed by atoms with van der Waals surface area (Å²) in [4.78, 5) is 52.4. The number of ether oxygens (including phenoxy) is 2. The molecule has 4 rings (SSSR count). The molecule has 248 valence electrons. The maximum Gasteiger partial charge on any atom is 0.408 e. The monoisotopic (exact) mass is 633 g/mol. The normalized spacial score (nSPS) is 21.9. The average molecular weight is 634 g/mol. The molecule has 0 spiro atoms. The first-order valence-corrected chi connectivity index (χ1v) is 16.4. The molecule has 0 saturated heterocycles. The molecule has 2 aromatic rings. The summed E-state index contributed by atoms with van der Waals surface area (Å²) in [5.74, 6) is -1.48. The fraction of sp³-hybridized carbons (Fsp3) is 0.500. The number of aliphatic hydroxyl groups is 1. The predicted octanol–water partition coefficient (Wildman–Crippen LogP) is 4.36. The number of rotatable bonds is 11. The summed E-state index contributed by atoms with van der Waals surface area (Å²) in [7, 11) is 0. The Morgan fingerprint density at radius 1 is 0.935 bits per heavy atom. The van der Waals surface area contributed by atoms with E-state index in [4.69, 9.17) is 9.47 Å². The van der Waals surface area contributed by atoms with Crippen molar-refractivity contribution in [2.24, 2.45) is 11.8 Å². The van der Waals surface area contributed by atoms with Gasteiger partial charge in [0.25, 0.3) is 0 Å². The summed E-state index contributed by atoms with van der Waals surface area (Å²) in [6.45, 7) is -0.203. The highest BCUT2D eigenvalue weighted by molar-refractivity contribution is 5.86. The second kappa shape index (κ2) is 18.7. The van der Waals surface area contributed by atoms with Crippen molar-refractivity contribution >= 4 is 23.9 Å². The minimum absolute atomic E-state index is 0.0371. The minimum Gasteiger partial charge on any atom is -0.462 e. The molecule has 4 N–H and O–H groups in total. The number of carbonyl (C=O) groups is 4. The summed E-state index contributed by atoms with van der Waals surface area (Å²) in [5, 5.41) is 18.5. The zero-order valence-electron chi connectivity index (χ0n) is 26.4. The van der Waals surface area contributed by atoms with E-state index in [-0.39, 0.29) is 50.9 Å². The molecule has 0 unspecified atom stereocenters. The number of cyclic esters (lactones) is 1. The lowest BCUT2D eigenvalue weighted by molar-refractivity contribution is -0.147. The van der Waals surface area contributed by atoms with Gasteiger partial charge in [-0.2, -0.15) is 0 Å². The summed E-state index contributed by atoms with van der Waals surface area (Å²) in [6, 6.07) is 16.9. The predicted molar refractivity (Wildman–Crippen MR) is 173 cm³/mol. The molecule has 10 heteroatoms. The van der Waals surface area contributed by atoms with E-state index in [0.29, 0.717) is 18.8 Å². The van der Waals surface area contributed by atoms with Crippen molar-refractivity contribution in [3.63, 3.8) is 0 Å². The quantitative estimate of drug-likeness (QED) is 0.213. The standard InChI is InChI=1S/C36H47N3O7/c40-23-30(20-26-12-4-1-5-13-26)37-33(41)22-29-18-10-11-19-32(39-36(44)46-24-28-16-8-3-9-17-28)35(43)45-25-31(38-34(29)42)21-27-14-6-2-7-15-27/h1,3-5,8-13,16-17,27,29-32,40H,2,6-7,14-15,18-25H2,(H,37,41)(H,38,42)(H,39,44)/t29-,30+,31+,32-/m1/s1. The van der Waals surface area contributed by atoms with Gasteiger partial charge in [0, 0.05) is 6.42 Å². The number of nitrogens with one attached hydrogen (secondary N) is 3. The van der Waals surface area contributed by atoms with Gasteiger partial charge in [-0.3, -0.25) is 9.59 Å². The topological polar surface area (TPSA) is 143 Å². The molecule has 0 aromatic heterocycles. The number of amides is 3. The molecular formula is C36H47N3O7. The van der Waals surface area contributed by atoms with Crippen LogP contribution >= 0.6 is 0 Å². The van der Waals surface area contributed by atoms with Crippen LogP contribution in [0, 0.1) is 11.8 Å². The van der Waals surface area contributed by atoms with Crippen LogP contribution in [0.15, 0.2) is 72.8 Å². The average Bonchev–Trinajstić information content (AvgIpc) is 3.07. The first-order valence-electron chi connectivity index (χ1n) is 16.4. The van der Waals surface area contributed by atoms with E-state index in [2.05, 4.69) is 16.0 Å². The van der Waals surface area contributed by atoms with Crippen LogP contribution in [0.3, 0.4) is 0 Å². The van der Waals surface area contributed by atoms with E-state index in [0.717, 1.165) is 36.8 Å². The van der Waals surface area contributed by atoms with Crippen molar-refractivity contribution in [2.75, 3.05) is 13.2 Å². The third kappa shape index (κ3) is 12.0. The van der Waals surface area contributed by atoms with E-state index in [9.17, 15) is 24.3 Å². The first kappa shape index (κ1) is 34.7. The van der Waals surface area contributed by atoms with E-state index >= 15 is 0 Å². The zero-order valence-corrected chi connectivity index (χ0v) is 26.4. The highest BCUT2D eigenvalue weighted by Crippen LogP contribution is 2.28. The molecule has 10 nitrogen and oxygen atoms in total. The van der Waals surface area contributed by atoms with Gasteiger partial charge < -0.3 is 30.5 Å². The van der Waals surface area contributed by atoms with Gasteiger partial charge in [-0.25, -0.2) is 9.59 Å². The maximum atomic E-state index is 13.6. The summed E-state index contributed by atoms with van der Waals surface area (Å²) >= 11 is 0. The number of hydrogen-bond donors (Lipinski definition) is 4. The molecule has 1 fully saturated rings. The van der Waals surface area contributed by atoms with Crippen LogP contribution in [-0.4, -0.2) is 60.3 Å². The molecule has 4 atom stereocenters. The second-order valence-corrected chi connectivity index (χ2v) is 12.3. The summed E-state index contributed by atoms with van der Waals surface area (Å²) < 4.78 is 11.0. The van der Waals surface area contributed by atoms with Crippen molar-refractivity contribution in [1.29, 1.82) is 0 Å². The van der Waals surface area contributed by atoms with Gasteiger partial charge in [0.1, 0.15) is 19.3 Å². The largest absolute Gasteiger partial charge is 0.462 e. The number of benzene rings is 2. The van der Waals surface area contributed by atoms with Gasteiger partial charge in [-0.05, 0) is 42.7 Å². The van der Waals surface area contributed by atoms with Crippen LogP contribution < -0.4 is 16.0 Å². The number of esters is 1. The Kier molecular flexibility index (Phi) is 14.1. The van der Waals surface area contributed by atoms with Crippen molar-refractivity contribution in [1.82, 2.24) is 16.0 Å². The number of carbonyl (C=O) groups excluding carboxylic acids is 4. The van der Waals surface area contributed by atoms with Crippen molar-refractivity contribution < 1.29 is 33.8 Å². The van der Waals surface area contributed by atoms with Crippen LogP contribution in [0.1, 0.15) is 68.9 Å². The molecule has 3 amide bonds. The number of aliphatic hydroxyl groups excluding tert-OH is 1.